The fourth-order valence-electron chi connectivity index (χ4n) is 3.04. The Labute approximate surface area is 179 Å². The number of hydrogen-bond acceptors (Lipinski definition) is 5. The summed E-state index contributed by atoms with van der Waals surface area (Å²) in [5.74, 6) is 0.223. The molecule has 1 aliphatic rings. The molecule has 3 rings (SSSR count). The molecule has 0 fully saturated rings. The number of aliphatic hydroxyl groups is 1. The van der Waals surface area contributed by atoms with Gasteiger partial charge in [0.2, 0.25) is 0 Å². The van der Waals surface area contributed by atoms with Crippen molar-refractivity contribution in [1.82, 2.24) is 0 Å². The molecule has 2 aromatic rings. The van der Waals surface area contributed by atoms with Crippen LogP contribution in [0.25, 0.3) is 5.57 Å². The van der Waals surface area contributed by atoms with Crippen molar-refractivity contribution in [1.29, 1.82) is 0 Å². The molecule has 0 aromatic heterocycles. The first-order valence-electron chi connectivity index (χ1n) is 9.34. The largest absolute Gasteiger partial charge is 0.494 e. The van der Waals surface area contributed by atoms with Gasteiger partial charge in [0.1, 0.15) is 5.75 Å². The van der Waals surface area contributed by atoms with E-state index in [2.05, 4.69) is 0 Å². The third-order valence-electron chi connectivity index (χ3n) is 4.47. The van der Waals surface area contributed by atoms with E-state index in [0.717, 1.165) is 11.3 Å². The quantitative estimate of drug-likeness (QED) is 0.625. The van der Waals surface area contributed by atoms with E-state index < -0.39 is 11.8 Å². The summed E-state index contributed by atoms with van der Waals surface area (Å²) in [4.78, 5) is 28.0. The summed E-state index contributed by atoms with van der Waals surface area (Å²) in [6, 6.07) is 12.3. The molecule has 0 atom stereocenters. The lowest BCUT2D eigenvalue weighted by Gasteiger charge is -2.18. The summed E-state index contributed by atoms with van der Waals surface area (Å²) < 4.78 is 5.60. The maximum Gasteiger partial charge on any atom is 0.272 e. The van der Waals surface area contributed by atoms with E-state index in [1.54, 1.807) is 49.4 Å². The molecule has 5 nitrogen and oxygen atoms in total. The lowest BCUT2D eigenvalue weighted by atomic mass is 10.1. The van der Waals surface area contributed by atoms with Crippen LogP contribution in [0.15, 0.2) is 47.4 Å². The van der Waals surface area contributed by atoms with Crippen LogP contribution in [-0.2, 0) is 9.59 Å². The summed E-state index contributed by atoms with van der Waals surface area (Å²) in [5.41, 5.74) is 2.09. The Morgan fingerprint density at radius 1 is 1.10 bits per heavy atom. The van der Waals surface area contributed by atoms with Gasteiger partial charge in [0.25, 0.3) is 11.8 Å². The maximum absolute atomic E-state index is 13.3. The average molecular weight is 432 g/mol. The van der Waals surface area contributed by atoms with Gasteiger partial charge >= 0.3 is 0 Å². The fraction of sp³-hybridized carbons (Fsp3) is 0.273. The molecular weight excluding hydrogens is 410 g/mol. The van der Waals surface area contributed by atoms with Crippen LogP contribution in [0.2, 0.25) is 5.02 Å². The van der Waals surface area contributed by atoms with Gasteiger partial charge in [-0.05, 0) is 48.7 Å². The molecule has 0 aliphatic carbocycles. The van der Waals surface area contributed by atoms with Gasteiger partial charge in [-0.15, -0.1) is 11.8 Å². The van der Waals surface area contributed by atoms with Crippen LogP contribution in [0.1, 0.15) is 24.5 Å². The van der Waals surface area contributed by atoms with Crippen LogP contribution >= 0.6 is 23.4 Å². The first-order valence-corrected chi connectivity index (χ1v) is 10.7. The van der Waals surface area contributed by atoms with Crippen molar-refractivity contribution in [2.24, 2.45) is 0 Å². The molecule has 2 amide bonds. The Morgan fingerprint density at radius 2 is 1.83 bits per heavy atom. The average Bonchev–Trinajstić information content (AvgIpc) is 2.97. The van der Waals surface area contributed by atoms with Crippen molar-refractivity contribution < 1.29 is 19.4 Å². The smallest absolute Gasteiger partial charge is 0.272 e. The molecule has 0 radical (unpaired) electrons. The van der Waals surface area contributed by atoms with Gasteiger partial charge in [0.15, 0.2) is 0 Å². The van der Waals surface area contributed by atoms with Crippen molar-refractivity contribution >= 4 is 46.4 Å². The zero-order chi connectivity index (χ0) is 21.0. The van der Waals surface area contributed by atoms with E-state index >= 15 is 0 Å². The summed E-state index contributed by atoms with van der Waals surface area (Å²) >= 11 is 7.38. The van der Waals surface area contributed by atoms with Crippen molar-refractivity contribution in [3.63, 3.8) is 0 Å². The molecule has 0 bridgehead atoms. The van der Waals surface area contributed by atoms with E-state index in [1.807, 2.05) is 6.92 Å². The van der Waals surface area contributed by atoms with E-state index in [0.29, 0.717) is 50.4 Å². The number of nitrogens with zero attached hydrogens (tertiary/aromatic N) is 1. The highest BCUT2D eigenvalue weighted by Gasteiger charge is 2.40. The minimum absolute atomic E-state index is 0.0943. The van der Waals surface area contributed by atoms with E-state index in [4.69, 9.17) is 16.3 Å². The number of amides is 2. The van der Waals surface area contributed by atoms with Crippen LogP contribution in [0.3, 0.4) is 0 Å². The molecule has 1 heterocycles. The standard InChI is InChI=1S/C22H22ClNO4S/c1-3-12-28-16-9-7-15(8-10-16)19-20(29-13-11-25)22(27)24(21(19)26)18-6-4-5-17(23)14(18)2/h4-10,25H,3,11-13H2,1-2H3. The number of rotatable bonds is 8. The number of imide groups is 1. The molecule has 7 heteroatoms. The molecule has 0 saturated heterocycles. The molecular formula is C22H22ClNO4S. The SMILES string of the molecule is CCCOc1ccc(C2=C(SCCO)C(=O)N(c3cccc(Cl)c3C)C2=O)cc1. The van der Waals surface area contributed by atoms with Crippen LogP contribution < -0.4 is 9.64 Å². The number of benzene rings is 2. The maximum atomic E-state index is 13.3. The normalized spacial score (nSPS) is 14.1. The van der Waals surface area contributed by atoms with Gasteiger partial charge in [-0.3, -0.25) is 9.59 Å². The first-order chi connectivity index (χ1) is 14.0. The number of carbonyl (C=O) groups is 2. The van der Waals surface area contributed by atoms with Gasteiger partial charge in [0, 0.05) is 10.8 Å². The van der Waals surface area contributed by atoms with Gasteiger partial charge in [-0.2, -0.15) is 0 Å². The number of aliphatic hydroxyl groups excluding tert-OH is 1. The molecule has 29 heavy (non-hydrogen) atoms. The lowest BCUT2D eigenvalue weighted by molar-refractivity contribution is -0.119. The Morgan fingerprint density at radius 3 is 2.48 bits per heavy atom. The van der Waals surface area contributed by atoms with Crippen LogP contribution in [0.4, 0.5) is 5.69 Å². The highest BCUT2D eigenvalue weighted by molar-refractivity contribution is 8.04. The molecule has 0 spiro atoms. The topological polar surface area (TPSA) is 66.8 Å². The Kier molecular flexibility index (Phi) is 7.00. The molecule has 2 aromatic carbocycles. The van der Waals surface area contributed by atoms with Crippen LogP contribution in [-0.4, -0.2) is 35.9 Å². The second kappa shape index (κ2) is 9.48. The third kappa shape index (κ3) is 4.34. The fourth-order valence-corrected chi connectivity index (χ4v) is 4.07. The summed E-state index contributed by atoms with van der Waals surface area (Å²) in [7, 11) is 0. The summed E-state index contributed by atoms with van der Waals surface area (Å²) in [6.45, 7) is 4.32. The molecule has 152 valence electrons. The molecule has 0 unspecified atom stereocenters. The highest BCUT2D eigenvalue weighted by atomic mass is 35.5. The number of halogens is 1. The number of anilines is 1. The minimum atomic E-state index is -0.403. The predicted octanol–water partition coefficient (Wildman–Crippen LogP) is 4.45. The first kappa shape index (κ1) is 21.4. The molecule has 1 aliphatic heterocycles. The monoisotopic (exact) mass is 431 g/mol. The number of hydrogen-bond donors (Lipinski definition) is 1. The third-order valence-corrected chi connectivity index (χ3v) is 5.94. The number of thioether (sulfide) groups is 1. The van der Waals surface area contributed by atoms with E-state index in [1.165, 1.54) is 11.8 Å². The second-order valence-electron chi connectivity index (χ2n) is 6.48. The van der Waals surface area contributed by atoms with Crippen molar-refractivity contribution in [3.8, 4) is 5.75 Å². The van der Waals surface area contributed by atoms with E-state index in [9.17, 15) is 14.7 Å². The Balaban J connectivity index is 2.02. The van der Waals surface area contributed by atoms with Gasteiger partial charge < -0.3 is 9.84 Å². The zero-order valence-corrected chi connectivity index (χ0v) is 17.8. The second-order valence-corrected chi connectivity index (χ2v) is 7.99. The Bertz CT molecular complexity index is 956. The highest BCUT2D eigenvalue weighted by Crippen LogP contribution is 2.40. The van der Waals surface area contributed by atoms with Gasteiger partial charge in [-0.25, -0.2) is 4.90 Å². The zero-order valence-electron chi connectivity index (χ0n) is 16.3. The van der Waals surface area contributed by atoms with Crippen molar-refractivity contribution in [2.45, 2.75) is 20.3 Å². The Hall–Kier alpha value is -2.28. The van der Waals surface area contributed by atoms with Gasteiger partial charge in [-0.1, -0.05) is 36.7 Å². The van der Waals surface area contributed by atoms with E-state index in [-0.39, 0.29) is 6.61 Å². The van der Waals surface area contributed by atoms with Crippen LogP contribution in [0.5, 0.6) is 5.75 Å². The minimum Gasteiger partial charge on any atom is -0.494 e. The lowest BCUT2D eigenvalue weighted by Crippen LogP contribution is -2.32. The van der Waals surface area contributed by atoms with Gasteiger partial charge in [0.05, 0.1) is 29.4 Å². The molecule has 0 saturated carbocycles. The predicted molar refractivity (Wildman–Crippen MR) is 117 cm³/mol. The van der Waals surface area contributed by atoms with Crippen LogP contribution in [0, 0.1) is 6.92 Å². The molecule has 1 N–H and O–H groups in total. The summed E-state index contributed by atoms with van der Waals surface area (Å²) in [6.07, 6.45) is 0.899. The van der Waals surface area contributed by atoms with Crippen molar-refractivity contribution in [3.05, 3.63) is 63.5 Å². The number of carbonyl (C=O) groups excluding carboxylic acids is 2. The number of ether oxygens (including phenoxy) is 1. The summed E-state index contributed by atoms with van der Waals surface area (Å²) in [5, 5.41) is 9.72. The van der Waals surface area contributed by atoms with Crippen molar-refractivity contribution in [2.75, 3.05) is 23.9 Å².